The molecule has 2 aromatic rings. The van der Waals surface area contributed by atoms with Crippen molar-refractivity contribution in [2.24, 2.45) is 10.7 Å². The Morgan fingerprint density at radius 2 is 2.04 bits per heavy atom. The van der Waals surface area contributed by atoms with Gasteiger partial charge in [-0.3, -0.25) is 4.79 Å². The van der Waals surface area contributed by atoms with Crippen LogP contribution in [0.2, 0.25) is 0 Å². The van der Waals surface area contributed by atoms with Gasteiger partial charge in [0.1, 0.15) is 18.8 Å². The topological polar surface area (TPSA) is 123 Å². The maximum absolute atomic E-state index is 12.3. The highest BCUT2D eigenvalue weighted by atomic mass is 35.5. The van der Waals surface area contributed by atoms with Crippen LogP contribution in [0.1, 0.15) is 16.8 Å². The molecule has 0 fully saturated rings. The van der Waals surface area contributed by atoms with Gasteiger partial charge in [-0.25, -0.2) is 14.7 Å². The number of ether oxygens (including phenoxy) is 1. The second-order valence-electron chi connectivity index (χ2n) is 5.19. The fourth-order valence-corrected chi connectivity index (χ4v) is 2.65. The number of nitrogens with two attached hydrogens (primary N) is 1. The quantitative estimate of drug-likeness (QED) is 0.630. The molecule has 0 bridgehead atoms. The van der Waals surface area contributed by atoms with E-state index in [-0.39, 0.29) is 30.6 Å². The van der Waals surface area contributed by atoms with E-state index in [0.29, 0.717) is 0 Å². The standard InChI is InChI=1S/C15H14ClN5O4/c16-12-11-13(20(8-18-11)6-10(22)23)19-14(17)21(12)15(24)25-7-9-4-2-1-3-5-9/h1-5,8,12H,6-7H2,(H2,17,19)(H,22,23). The highest BCUT2D eigenvalue weighted by molar-refractivity contribution is 6.23. The lowest BCUT2D eigenvalue weighted by Crippen LogP contribution is -2.44. The third-order valence-electron chi connectivity index (χ3n) is 3.46. The summed E-state index contributed by atoms with van der Waals surface area (Å²) < 4.78 is 6.49. The molecule has 1 atom stereocenters. The molecule has 25 heavy (non-hydrogen) atoms. The van der Waals surface area contributed by atoms with E-state index < -0.39 is 17.6 Å². The monoisotopic (exact) mass is 363 g/mol. The van der Waals surface area contributed by atoms with Gasteiger partial charge in [-0.1, -0.05) is 41.9 Å². The Kier molecular flexibility index (Phi) is 4.57. The number of fused-ring (bicyclic) bond motifs is 1. The average molecular weight is 364 g/mol. The molecule has 3 N–H and O–H groups in total. The molecule has 0 saturated heterocycles. The summed E-state index contributed by atoms with van der Waals surface area (Å²) in [4.78, 5) is 32.2. The summed E-state index contributed by atoms with van der Waals surface area (Å²) >= 11 is 6.28. The number of carboxylic acids is 1. The number of rotatable bonds is 4. The van der Waals surface area contributed by atoms with Crippen LogP contribution in [-0.4, -0.2) is 37.6 Å². The Balaban J connectivity index is 1.77. The maximum atomic E-state index is 12.3. The Labute approximate surface area is 147 Å². The zero-order chi connectivity index (χ0) is 18.0. The zero-order valence-corrected chi connectivity index (χ0v) is 13.6. The number of aliphatic carboxylic acids is 1. The molecule has 1 aromatic carbocycles. The second-order valence-corrected chi connectivity index (χ2v) is 5.60. The fraction of sp³-hybridized carbons (Fsp3) is 0.200. The van der Waals surface area contributed by atoms with Crippen LogP contribution in [0, 0.1) is 0 Å². The molecule has 1 unspecified atom stereocenters. The van der Waals surface area contributed by atoms with Gasteiger partial charge < -0.3 is 20.1 Å². The largest absolute Gasteiger partial charge is 0.480 e. The first kappa shape index (κ1) is 16.8. The van der Waals surface area contributed by atoms with Gasteiger partial charge in [0.25, 0.3) is 0 Å². The first-order chi connectivity index (χ1) is 12.0. The van der Waals surface area contributed by atoms with Gasteiger partial charge in [-0.2, -0.15) is 4.99 Å². The molecule has 2 heterocycles. The minimum atomic E-state index is -1.07. The molecule has 0 saturated carbocycles. The number of aliphatic imine (C=N–C) groups is 1. The second kappa shape index (κ2) is 6.81. The number of nitrogens with zero attached hydrogens (tertiary/aromatic N) is 4. The molecular formula is C15H14ClN5O4. The average Bonchev–Trinajstić information content (AvgIpc) is 2.96. The van der Waals surface area contributed by atoms with Crippen molar-refractivity contribution in [2.45, 2.75) is 18.7 Å². The van der Waals surface area contributed by atoms with E-state index >= 15 is 0 Å². The van der Waals surface area contributed by atoms with Gasteiger partial charge in [-0.05, 0) is 5.56 Å². The lowest BCUT2D eigenvalue weighted by atomic mass is 10.2. The number of amides is 1. The van der Waals surface area contributed by atoms with Crippen molar-refractivity contribution in [3.05, 3.63) is 47.9 Å². The number of carbonyl (C=O) groups is 2. The van der Waals surface area contributed by atoms with Crippen molar-refractivity contribution in [2.75, 3.05) is 0 Å². The van der Waals surface area contributed by atoms with E-state index in [1.54, 1.807) is 0 Å². The highest BCUT2D eigenvalue weighted by Gasteiger charge is 2.36. The molecule has 0 aliphatic carbocycles. The SMILES string of the molecule is NC1=Nc2c(ncn2CC(=O)O)C(Cl)N1C(=O)OCc1ccccc1. The summed E-state index contributed by atoms with van der Waals surface area (Å²) in [6.45, 7) is -0.297. The molecule has 1 aliphatic rings. The summed E-state index contributed by atoms with van der Waals surface area (Å²) in [6.07, 6.45) is 0.507. The molecule has 1 aromatic heterocycles. The Bertz CT molecular complexity index is 836. The van der Waals surface area contributed by atoms with Crippen LogP contribution < -0.4 is 5.73 Å². The molecular weight excluding hydrogens is 350 g/mol. The van der Waals surface area contributed by atoms with Crippen LogP contribution >= 0.6 is 11.6 Å². The van der Waals surface area contributed by atoms with Gasteiger partial charge in [0.15, 0.2) is 11.3 Å². The lowest BCUT2D eigenvalue weighted by Gasteiger charge is -2.28. The van der Waals surface area contributed by atoms with Gasteiger partial charge >= 0.3 is 12.1 Å². The van der Waals surface area contributed by atoms with Crippen LogP contribution in [0.3, 0.4) is 0 Å². The van der Waals surface area contributed by atoms with E-state index in [0.717, 1.165) is 10.5 Å². The summed E-state index contributed by atoms with van der Waals surface area (Å²) in [5, 5.41) is 8.89. The Morgan fingerprint density at radius 3 is 2.72 bits per heavy atom. The number of hydrogen-bond donors (Lipinski definition) is 2. The van der Waals surface area contributed by atoms with Crippen LogP contribution in [0.25, 0.3) is 0 Å². The van der Waals surface area contributed by atoms with E-state index in [1.165, 1.54) is 10.9 Å². The maximum Gasteiger partial charge on any atom is 0.418 e. The number of hydrogen-bond acceptors (Lipinski definition) is 6. The zero-order valence-electron chi connectivity index (χ0n) is 12.9. The third-order valence-corrected chi connectivity index (χ3v) is 3.87. The minimum absolute atomic E-state index is 0.0490. The number of imidazole rings is 1. The molecule has 1 amide bonds. The smallest absolute Gasteiger partial charge is 0.418 e. The van der Waals surface area contributed by atoms with E-state index in [4.69, 9.17) is 27.2 Å². The lowest BCUT2D eigenvalue weighted by molar-refractivity contribution is -0.137. The van der Waals surface area contributed by atoms with E-state index in [1.807, 2.05) is 30.3 Å². The van der Waals surface area contributed by atoms with Gasteiger partial charge in [0.2, 0.25) is 5.96 Å². The van der Waals surface area contributed by atoms with Crippen LogP contribution in [0.4, 0.5) is 10.6 Å². The number of halogens is 1. The summed E-state index contributed by atoms with van der Waals surface area (Å²) in [6, 6.07) is 9.12. The number of aromatic nitrogens is 2. The van der Waals surface area contributed by atoms with Crippen LogP contribution in [0.15, 0.2) is 41.7 Å². The van der Waals surface area contributed by atoms with Gasteiger partial charge in [0, 0.05) is 0 Å². The predicted molar refractivity (Wildman–Crippen MR) is 88.2 cm³/mol. The first-order valence-corrected chi connectivity index (χ1v) is 7.66. The van der Waals surface area contributed by atoms with E-state index in [2.05, 4.69) is 9.98 Å². The van der Waals surface area contributed by atoms with E-state index in [9.17, 15) is 9.59 Å². The molecule has 0 radical (unpaired) electrons. The van der Waals surface area contributed by atoms with Crippen LogP contribution in [-0.2, 0) is 22.7 Å². The third kappa shape index (κ3) is 3.41. The fourth-order valence-electron chi connectivity index (χ4n) is 2.32. The van der Waals surface area contributed by atoms with Crippen molar-refractivity contribution < 1.29 is 19.4 Å². The number of carboxylic acid groups (broad SMARTS) is 1. The Hall–Kier alpha value is -3.07. The first-order valence-electron chi connectivity index (χ1n) is 7.22. The normalized spacial score (nSPS) is 16.1. The highest BCUT2D eigenvalue weighted by Crippen LogP contribution is 2.36. The van der Waals surface area contributed by atoms with Crippen molar-refractivity contribution in [1.29, 1.82) is 0 Å². The number of carbonyl (C=O) groups excluding carboxylic acids is 1. The van der Waals surface area contributed by atoms with Crippen molar-refractivity contribution >= 4 is 35.4 Å². The van der Waals surface area contributed by atoms with Crippen LogP contribution in [0.5, 0.6) is 0 Å². The van der Waals surface area contributed by atoms with Crippen molar-refractivity contribution in [1.82, 2.24) is 14.5 Å². The predicted octanol–water partition coefficient (Wildman–Crippen LogP) is 1.80. The molecule has 1 aliphatic heterocycles. The number of benzene rings is 1. The van der Waals surface area contributed by atoms with Gasteiger partial charge in [-0.15, -0.1) is 0 Å². The Morgan fingerprint density at radius 1 is 1.32 bits per heavy atom. The molecule has 9 nitrogen and oxygen atoms in total. The summed E-state index contributed by atoms with van der Waals surface area (Å²) in [7, 11) is 0. The summed E-state index contributed by atoms with van der Waals surface area (Å²) in [5.74, 6) is -1.06. The summed E-state index contributed by atoms with van der Waals surface area (Å²) in [5.41, 5.74) is 5.80. The molecule has 0 spiro atoms. The van der Waals surface area contributed by atoms with Crippen molar-refractivity contribution in [3.63, 3.8) is 0 Å². The minimum Gasteiger partial charge on any atom is -0.480 e. The van der Waals surface area contributed by atoms with Crippen molar-refractivity contribution in [3.8, 4) is 0 Å². The molecule has 10 heteroatoms. The molecule has 130 valence electrons. The number of guanidine groups is 1. The van der Waals surface area contributed by atoms with Gasteiger partial charge in [0.05, 0.1) is 6.33 Å². The number of alkyl halides is 1. The molecule has 3 rings (SSSR count).